The van der Waals surface area contributed by atoms with Gasteiger partial charge in [-0.1, -0.05) is 56.4 Å². The molecule has 0 saturated heterocycles. The molecule has 0 spiro atoms. The Kier molecular flexibility index (Phi) is 11.3. The van der Waals surface area contributed by atoms with Gasteiger partial charge in [-0.25, -0.2) is 0 Å². The lowest BCUT2D eigenvalue weighted by atomic mass is 9.85. The zero-order valence-corrected chi connectivity index (χ0v) is 21.1. The van der Waals surface area contributed by atoms with Crippen molar-refractivity contribution in [3.63, 3.8) is 0 Å². The normalized spacial score (nSPS) is 17.8. The van der Waals surface area contributed by atoms with E-state index in [1.807, 2.05) is 24.3 Å². The predicted molar refractivity (Wildman–Crippen MR) is 133 cm³/mol. The van der Waals surface area contributed by atoms with Crippen LogP contribution in [0.4, 0.5) is 0 Å². The van der Waals surface area contributed by atoms with Gasteiger partial charge in [0.05, 0.1) is 12.6 Å². The molecule has 2 atom stereocenters. The van der Waals surface area contributed by atoms with E-state index in [1.165, 1.54) is 37.0 Å². The number of nitrogens with zero attached hydrogens (tertiary/aromatic N) is 1. The number of benzene rings is 1. The van der Waals surface area contributed by atoms with Crippen LogP contribution in [0.25, 0.3) is 0 Å². The van der Waals surface area contributed by atoms with E-state index >= 15 is 0 Å². The third kappa shape index (κ3) is 7.70. The highest BCUT2D eigenvalue weighted by Gasteiger charge is 2.35. The molecule has 1 aromatic carbocycles. The van der Waals surface area contributed by atoms with Gasteiger partial charge in [-0.3, -0.25) is 19.7 Å². The van der Waals surface area contributed by atoms with E-state index in [-0.39, 0.29) is 43.5 Å². The number of rotatable bonds is 11. The highest BCUT2D eigenvalue weighted by Crippen LogP contribution is 2.28. The number of halogens is 1. The number of fused-ring (bicyclic) bond motifs is 1. The van der Waals surface area contributed by atoms with Crippen LogP contribution in [0.3, 0.4) is 0 Å². The lowest BCUT2D eigenvalue weighted by Gasteiger charge is -2.32. The molecular formula is C26H39ClN2O5. The molecule has 0 unspecified atom stereocenters. The molecule has 2 aliphatic rings. The Morgan fingerprint density at radius 2 is 1.74 bits per heavy atom. The van der Waals surface area contributed by atoms with Gasteiger partial charge < -0.3 is 14.7 Å². The van der Waals surface area contributed by atoms with Crippen molar-refractivity contribution in [3.8, 4) is 0 Å². The number of ether oxygens (including phenoxy) is 1. The van der Waals surface area contributed by atoms with Crippen molar-refractivity contribution in [2.75, 3.05) is 13.2 Å². The molecule has 34 heavy (non-hydrogen) atoms. The number of hydrogen-bond donors (Lipinski definition) is 2. The number of esters is 1. The van der Waals surface area contributed by atoms with Crippen LogP contribution in [-0.4, -0.2) is 59.1 Å². The van der Waals surface area contributed by atoms with Crippen molar-refractivity contribution >= 4 is 30.3 Å². The summed E-state index contributed by atoms with van der Waals surface area (Å²) in [5, 5.41) is 12.7. The molecule has 0 heterocycles. The maximum absolute atomic E-state index is 13.4. The number of aliphatic carboxylic acids is 1. The van der Waals surface area contributed by atoms with Gasteiger partial charge in [0, 0.05) is 6.04 Å². The Balaban J connectivity index is 0.00000408. The van der Waals surface area contributed by atoms with E-state index in [4.69, 9.17) is 4.74 Å². The van der Waals surface area contributed by atoms with Crippen LogP contribution in [-0.2, 0) is 32.0 Å². The summed E-state index contributed by atoms with van der Waals surface area (Å²) in [6.45, 7) is 3.42. The summed E-state index contributed by atoms with van der Waals surface area (Å²) < 4.78 is 5.27. The minimum Gasteiger partial charge on any atom is -0.480 e. The van der Waals surface area contributed by atoms with Gasteiger partial charge in [-0.15, -0.1) is 12.4 Å². The summed E-state index contributed by atoms with van der Waals surface area (Å²) in [5.41, 5.74) is 2.31. The zero-order valence-electron chi connectivity index (χ0n) is 20.3. The molecular weight excluding hydrogens is 456 g/mol. The van der Waals surface area contributed by atoms with Crippen molar-refractivity contribution in [2.45, 2.75) is 89.8 Å². The summed E-state index contributed by atoms with van der Waals surface area (Å²) in [4.78, 5) is 39.0. The number of carbonyl (C=O) groups is 3. The summed E-state index contributed by atoms with van der Waals surface area (Å²) in [5.74, 6) is -1.05. The number of hydrogen-bond acceptors (Lipinski definition) is 5. The second-order valence-electron chi connectivity index (χ2n) is 9.47. The van der Waals surface area contributed by atoms with E-state index in [0.717, 1.165) is 17.5 Å². The second-order valence-corrected chi connectivity index (χ2v) is 9.47. The number of carboxylic acid groups (broad SMARTS) is 1. The molecule has 0 radical (unpaired) electrons. The molecule has 2 N–H and O–H groups in total. The number of carboxylic acids is 1. The van der Waals surface area contributed by atoms with Gasteiger partial charge in [0.25, 0.3) is 0 Å². The Morgan fingerprint density at radius 1 is 1.12 bits per heavy atom. The van der Waals surface area contributed by atoms with Gasteiger partial charge in [0.15, 0.2) is 0 Å². The van der Waals surface area contributed by atoms with Crippen LogP contribution in [0.15, 0.2) is 24.3 Å². The highest BCUT2D eigenvalue weighted by molar-refractivity contribution is 5.86. The largest absolute Gasteiger partial charge is 0.480 e. The summed E-state index contributed by atoms with van der Waals surface area (Å²) >= 11 is 0. The van der Waals surface area contributed by atoms with Gasteiger partial charge in [0.1, 0.15) is 12.6 Å². The third-order valence-electron chi connectivity index (χ3n) is 7.04. The van der Waals surface area contributed by atoms with E-state index < -0.39 is 18.1 Å². The average molecular weight is 495 g/mol. The summed E-state index contributed by atoms with van der Waals surface area (Å²) in [7, 11) is 0. The minimum absolute atomic E-state index is 0. The van der Waals surface area contributed by atoms with Crippen LogP contribution in [0.1, 0.15) is 69.9 Å². The fraction of sp³-hybridized carbons (Fsp3) is 0.654. The average Bonchev–Trinajstić information content (AvgIpc) is 3.24. The lowest BCUT2D eigenvalue weighted by molar-refractivity contribution is -0.149. The first-order valence-corrected chi connectivity index (χ1v) is 12.4. The van der Waals surface area contributed by atoms with Gasteiger partial charge in [-0.05, 0) is 56.6 Å². The number of nitrogens with one attached hydrogen (secondary N) is 1. The smallest absolute Gasteiger partial charge is 0.323 e. The first-order valence-electron chi connectivity index (χ1n) is 12.4. The minimum atomic E-state index is -1.04. The number of amides is 1. The van der Waals surface area contributed by atoms with Crippen LogP contribution >= 0.6 is 12.4 Å². The quantitative estimate of drug-likeness (QED) is 0.455. The molecule has 2 aliphatic carbocycles. The first-order chi connectivity index (χ1) is 15.9. The Bertz CT molecular complexity index is 802. The molecule has 7 nitrogen and oxygen atoms in total. The topological polar surface area (TPSA) is 95.9 Å². The molecule has 0 aliphatic heterocycles. The molecule has 1 fully saturated rings. The lowest BCUT2D eigenvalue weighted by Crippen LogP contribution is -2.54. The molecule has 0 bridgehead atoms. The van der Waals surface area contributed by atoms with Crippen molar-refractivity contribution in [3.05, 3.63) is 35.4 Å². The van der Waals surface area contributed by atoms with E-state index in [0.29, 0.717) is 25.2 Å². The van der Waals surface area contributed by atoms with Gasteiger partial charge in [-0.2, -0.15) is 0 Å². The van der Waals surface area contributed by atoms with Crippen LogP contribution in [0, 0.1) is 5.92 Å². The van der Waals surface area contributed by atoms with Crippen molar-refractivity contribution in [1.82, 2.24) is 10.2 Å². The number of carbonyl (C=O) groups excluding carboxylic acids is 2. The predicted octanol–water partition coefficient (Wildman–Crippen LogP) is 3.76. The van der Waals surface area contributed by atoms with E-state index in [1.54, 1.807) is 13.8 Å². The Labute approximate surface area is 209 Å². The van der Waals surface area contributed by atoms with Gasteiger partial charge in [0.2, 0.25) is 5.91 Å². The molecule has 0 aromatic heterocycles. The van der Waals surface area contributed by atoms with Crippen molar-refractivity contribution in [1.29, 1.82) is 0 Å². The van der Waals surface area contributed by atoms with E-state index in [9.17, 15) is 19.5 Å². The Morgan fingerprint density at radius 3 is 2.29 bits per heavy atom. The van der Waals surface area contributed by atoms with Crippen molar-refractivity contribution in [2.24, 2.45) is 5.92 Å². The van der Waals surface area contributed by atoms with Crippen LogP contribution in [0.2, 0.25) is 0 Å². The zero-order chi connectivity index (χ0) is 23.8. The SMILES string of the molecule is CCOC(=O)[C@H](CCC1CCCCC1)N[C@@H](C)C(=O)N(CC(=O)O)C1Cc2ccccc2C1.Cl. The molecule has 190 valence electrons. The maximum Gasteiger partial charge on any atom is 0.323 e. The van der Waals surface area contributed by atoms with E-state index in [2.05, 4.69) is 5.32 Å². The molecule has 1 saturated carbocycles. The molecule has 8 heteroatoms. The fourth-order valence-electron chi connectivity index (χ4n) is 5.30. The molecule has 1 amide bonds. The second kappa shape index (κ2) is 13.7. The summed E-state index contributed by atoms with van der Waals surface area (Å²) in [6, 6.07) is 6.53. The van der Waals surface area contributed by atoms with Crippen LogP contribution in [0.5, 0.6) is 0 Å². The standard InChI is InChI=1S/C26H38N2O5.ClH/c1-3-33-26(32)23(14-13-19-9-5-4-6-10-19)27-18(2)25(31)28(17-24(29)30)22-15-20-11-7-8-12-21(20)16-22;/h7-8,11-12,18-19,22-23,27H,3-6,9-10,13-17H2,1-2H3,(H,29,30);1H/t18-,23-;/m0./s1. The monoisotopic (exact) mass is 494 g/mol. The fourth-order valence-corrected chi connectivity index (χ4v) is 5.30. The maximum atomic E-state index is 13.4. The third-order valence-corrected chi connectivity index (χ3v) is 7.04. The highest BCUT2D eigenvalue weighted by atomic mass is 35.5. The van der Waals surface area contributed by atoms with Gasteiger partial charge >= 0.3 is 11.9 Å². The van der Waals surface area contributed by atoms with Crippen LogP contribution < -0.4 is 5.32 Å². The Hall–Kier alpha value is -2.12. The summed E-state index contributed by atoms with van der Waals surface area (Å²) in [6.07, 6.45) is 8.98. The first kappa shape index (κ1) is 28.1. The molecule has 3 rings (SSSR count). The van der Waals surface area contributed by atoms with Crippen molar-refractivity contribution < 1.29 is 24.2 Å². The molecule has 1 aromatic rings.